The summed E-state index contributed by atoms with van der Waals surface area (Å²) in [7, 11) is 0. The fraction of sp³-hybridized carbons (Fsp3) is 0.200. The van der Waals surface area contributed by atoms with Crippen molar-refractivity contribution in [1.29, 1.82) is 0 Å². The number of ether oxygens (including phenoxy) is 1. The number of benzene rings is 3. The van der Waals surface area contributed by atoms with Crippen LogP contribution in [0.4, 0.5) is 0 Å². The molecule has 0 aliphatic carbocycles. The summed E-state index contributed by atoms with van der Waals surface area (Å²) >= 11 is 0. The summed E-state index contributed by atoms with van der Waals surface area (Å²) < 4.78 is 6.05. The maximum Gasteiger partial charge on any atom is 0.135 e. The summed E-state index contributed by atoms with van der Waals surface area (Å²) in [4.78, 5) is 0. The van der Waals surface area contributed by atoms with Gasteiger partial charge in [-0.2, -0.15) is 0 Å². The first kappa shape index (κ1) is 13.7. The van der Waals surface area contributed by atoms with Crippen molar-refractivity contribution in [3.8, 4) is 11.5 Å². The van der Waals surface area contributed by atoms with E-state index in [1.165, 1.54) is 29.2 Å². The predicted molar refractivity (Wildman–Crippen MR) is 89.1 cm³/mol. The Balaban J connectivity index is 2.00. The third-order valence-corrected chi connectivity index (χ3v) is 3.75. The van der Waals surface area contributed by atoms with Gasteiger partial charge in [0.1, 0.15) is 11.5 Å². The van der Waals surface area contributed by atoms with Crippen LogP contribution in [0.5, 0.6) is 11.5 Å². The molecule has 0 saturated carbocycles. The topological polar surface area (TPSA) is 9.23 Å². The largest absolute Gasteiger partial charge is 0.457 e. The van der Waals surface area contributed by atoms with Gasteiger partial charge in [-0.25, -0.2) is 0 Å². The maximum absolute atomic E-state index is 6.05. The molecule has 0 saturated heterocycles. The molecule has 0 spiro atoms. The molecule has 0 aromatic heterocycles. The van der Waals surface area contributed by atoms with Gasteiger partial charge in [0, 0.05) is 5.39 Å². The first-order valence-corrected chi connectivity index (χ1v) is 7.62. The van der Waals surface area contributed by atoms with E-state index < -0.39 is 0 Å². The zero-order chi connectivity index (χ0) is 14.5. The molecule has 0 fully saturated rings. The SMILES string of the molecule is CCCCc1ccc(Oc2ccccc2)c2ccccc12. The van der Waals surface area contributed by atoms with Gasteiger partial charge in [0.05, 0.1) is 0 Å². The predicted octanol–water partition coefficient (Wildman–Crippen LogP) is 5.97. The Morgan fingerprint density at radius 2 is 1.48 bits per heavy atom. The van der Waals surface area contributed by atoms with E-state index in [1.807, 2.05) is 30.3 Å². The van der Waals surface area contributed by atoms with E-state index in [2.05, 4.69) is 43.3 Å². The minimum Gasteiger partial charge on any atom is -0.457 e. The lowest BCUT2D eigenvalue weighted by atomic mass is 9.99. The molecule has 106 valence electrons. The highest BCUT2D eigenvalue weighted by atomic mass is 16.5. The molecule has 0 amide bonds. The van der Waals surface area contributed by atoms with Crippen molar-refractivity contribution in [3.05, 3.63) is 72.3 Å². The lowest BCUT2D eigenvalue weighted by molar-refractivity contribution is 0.488. The number of rotatable bonds is 5. The minimum absolute atomic E-state index is 0.879. The summed E-state index contributed by atoms with van der Waals surface area (Å²) in [5.41, 5.74) is 1.41. The third-order valence-electron chi connectivity index (χ3n) is 3.75. The Morgan fingerprint density at radius 3 is 2.24 bits per heavy atom. The van der Waals surface area contributed by atoms with E-state index in [9.17, 15) is 0 Å². The highest BCUT2D eigenvalue weighted by Gasteiger charge is 2.07. The quantitative estimate of drug-likeness (QED) is 0.557. The van der Waals surface area contributed by atoms with Crippen LogP contribution < -0.4 is 4.74 Å². The molecule has 1 nitrogen and oxygen atoms in total. The molecule has 0 aliphatic rings. The first-order valence-electron chi connectivity index (χ1n) is 7.62. The van der Waals surface area contributed by atoms with E-state index >= 15 is 0 Å². The van der Waals surface area contributed by atoms with Gasteiger partial charge in [-0.1, -0.05) is 61.9 Å². The highest BCUT2D eigenvalue weighted by Crippen LogP contribution is 2.32. The van der Waals surface area contributed by atoms with Gasteiger partial charge in [-0.3, -0.25) is 0 Å². The van der Waals surface area contributed by atoms with Crippen LogP contribution >= 0.6 is 0 Å². The van der Waals surface area contributed by atoms with E-state index in [4.69, 9.17) is 4.74 Å². The second-order valence-electron chi connectivity index (χ2n) is 5.29. The molecule has 0 N–H and O–H groups in total. The van der Waals surface area contributed by atoms with Crippen LogP contribution in [0.15, 0.2) is 66.7 Å². The number of hydrogen-bond acceptors (Lipinski definition) is 1. The molecule has 3 aromatic carbocycles. The first-order chi connectivity index (χ1) is 10.4. The van der Waals surface area contributed by atoms with Crippen LogP contribution in [0.1, 0.15) is 25.3 Å². The van der Waals surface area contributed by atoms with Gasteiger partial charge in [-0.05, 0) is 42.0 Å². The van der Waals surface area contributed by atoms with Gasteiger partial charge in [0.15, 0.2) is 0 Å². The number of unbranched alkanes of at least 4 members (excludes halogenated alkanes) is 1. The van der Waals surface area contributed by atoms with Crippen molar-refractivity contribution in [1.82, 2.24) is 0 Å². The number of fused-ring (bicyclic) bond motifs is 1. The Morgan fingerprint density at radius 1 is 0.762 bits per heavy atom. The highest BCUT2D eigenvalue weighted by molar-refractivity contribution is 5.91. The second kappa shape index (κ2) is 6.45. The summed E-state index contributed by atoms with van der Waals surface area (Å²) in [6.07, 6.45) is 3.57. The van der Waals surface area contributed by atoms with E-state index in [1.54, 1.807) is 0 Å². The molecule has 0 heterocycles. The zero-order valence-electron chi connectivity index (χ0n) is 12.4. The summed E-state index contributed by atoms with van der Waals surface area (Å²) in [6, 6.07) is 22.8. The molecule has 0 radical (unpaired) electrons. The fourth-order valence-corrected chi connectivity index (χ4v) is 2.62. The standard InChI is InChI=1S/C20H20O/c1-2-3-9-16-14-15-20(19-13-8-7-12-18(16)19)21-17-10-5-4-6-11-17/h4-8,10-15H,2-3,9H2,1H3. The molecule has 3 aromatic rings. The van der Waals surface area contributed by atoms with Crippen molar-refractivity contribution >= 4 is 10.8 Å². The monoisotopic (exact) mass is 276 g/mol. The van der Waals surface area contributed by atoms with Gasteiger partial charge >= 0.3 is 0 Å². The van der Waals surface area contributed by atoms with Crippen LogP contribution in [-0.2, 0) is 6.42 Å². The Bertz CT molecular complexity index is 716. The fourth-order valence-electron chi connectivity index (χ4n) is 2.62. The summed E-state index contributed by atoms with van der Waals surface area (Å²) in [6.45, 7) is 2.23. The van der Waals surface area contributed by atoms with Gasteiger partial charge in [0.25, 0.3) is 0 Å². The number of aryl methyl sites for hydroxylation is 1. The molecule has 0 aliphatic heterocycles. The molecule has 21 heavy (non-hydrogen) atoms. The van der Waals surface area contributed by atoms with Crippen molar-refractivity contribution < 1.29 is 4.74 Å². The van der Waals surface area contributed by atoms with Crippen LogP contribution in [0, 0.1) is 0 Å². The van der Waals surface area contributed by atoms with Gasteiger partial charge < -0.3 is 4.74 Å². The summed E-state index contributed by atoms with van der Waals surface area (Å²) in [5, 5.41) is 2.49. The Hall–Kier alpha value is -2.28. The Labute approximate surface area is 126 Å². The molecular weight excluding hydrogens is 256 g/mol. The normalized spacial score (nSPS) is 10.7. The smallest absolute Gasteiger partial charge is 0.135 e. The molecule has 1 heteroatoms. The molecule has 3 rings (SSSR count). The zero-order valence-corrected chi connectivity index (χ0v) is 12.4. The van der Waals surface area contributed by atoms with Crippen molar-refractivity contribution in [2.75, 3.05) is 0 Å². The molecule has 0 atom stereocenters. The van der Waals surface area contributed by atoms with Crippen molar-refractivity contribution in [2.24, 2.45) is 0 Å². The van der Waals surface area contributed by atoms with Crippen LogP contribution in [0.2, 0.25) is 0 Å². The lowest BCUT2D eigenvalue weighted by Crippen LogP contribution is -1.91. The number of hydrogen-bond donors (Lipinski definition) is 0. The average molecular weight is 276 g/mol. The summed E-state index contributed by atoms with van der Waals surface area (Å²) in [5.74, 6) is 1.81. The van der Waals surface area contributed by atoms with Crippen LogP contribution in [0.3, 0.4) is 0 Å². The van der Waals surface area contributed by atoms with Crippen molar-refractivity contribution in [3.63, 3.8) is 0 Å². The Kier molecular flexibility index (Phi) is 4.20. The molecule has 0 bridgehead atoms. The lowest BCUT2D eigenvalue weighted by Gasteiger charge is -2.12. The third kappa shape index (κ3) is 3.08. The van der Waals surface area contributed by atoms with Crippen LogP contribution in [0.25, 0.3) is 10.8 Å². The van der Waals surface area contributed by atoms with Gasteiger partial charge in [-0.15, -0.1) is 0 Å². The van der Waals surface area contributed by atoms with E-state index in [0.717, 1.165) is 17.9 Å². The molecular formula is C20H20O. The van der Waals surface area contributed by atoms with Gasteiger partial charge in [0.2, 0.25) is 0 Å². The average Bonchev–Trinajstić information content (AvgIpc) is 2.55. The minimum atomic E-state index is 0.879. The van der Waals surface area contributed by atoms with E-state index in [0.29, 0.717) is 0 Å². The number of para-hydroxylation sites is 1. The van der Waals surface area contributed by atoms with E-state index in [-0.39, 0.29) is 0 Å². The van der Waals surface area contributed by atoms with Crippen molar-refractivity contribution in [2.45, 2.75) is 26.2 Å². The maximum atomic E-state index is 6.05. The van der Waals surface area contributed by atoms with Crippen LogP contribution in [-0.4, -0.2) is 0 Å². The molecule has 0 unspecified atom stereocenters. The second-order valence-corrected chi connectivity index (χ2v) is 5.29.